The lowest BCUT2D eigenvalue weighted by molar-refractivity contribution is 0.594. The van der Waals surface area contributed by atoms with Gasteiger partial charge in [-0.05, 0) is 108 Å². The number of hydrogen-bond acceptors (Lipinski definition) is 3. The molecule has 1 aliphatic heterocycles. The molecule has 0 fully saturated rings. The molecule has 13 rings (SSSR count). The number of benzene rings is 8. The van der Waals surface area contributed by atoms with Gasteiger partial charge in [0.25, 0.3) is 0 Å². The van der Waals surface area contributed by atoms with Crippen LogP contribution in [0.25, 0.3) is 50.1 Å². The molecule has 0 saturated carbocycles. The van der Waals surface area contributed by atoms with Crippen molar-refractivity contribution in [3.05, 3.63) is 226 Å². The fraction of sp³-hybridized carbons (Fsp3) is 0.0755. The number of hydrogen-bond donors (Lipinski definition) is 0. The van der Waals surface area contributed by atoms with E-state index in [0.29, 0.717) is 32.9 Å². The Kier molecular flexibility index (Phi) is 6.11. The number of aryl methyl sites for hydroxylation is 1. The van der Waals surface area contributed by atoms with Gasteiger partial charge in [0.15, 0.2) is 0 Å². The molecule has 5 heteroatoms. The third-order valence-corrected chi connectivity index (χ3v) is 15.4. The van der Waals surface area contributed by atoms with E-state index in [0.717, 1.165) is 17.0 Å². The second kappa shape index (κ2) is 11.0. The third-order valence-electron chi connectivity index (χ3n) is 13.6. The summed E-state index contributed by atoms with van der Waals surface area (Å²) in [5.74, 6) is 0.846. The molecule has 0 radical (unpaired) electrons. The van der Waals surface area contributed by atoms with Crippen molar-refractivity contribution >= 4 is 20.9 Å². The first-order valence-electron chi connectivity index (χ1n) is 20.0. The van der Waals surface area contributed by atoms with Crippen LogP contribution in [0.3, 0.4) is 0 Å². The van der Waals surface area contributed by atoms with Crippen molar-refractivity contribution in [2.24, 2.45) is 0 Å². The highest BCUT2D eigenvalue weighted by Gasteiger charge is 2.58. The summed E-state index contributed by atoms with van der Waals surface area (Å²) in [6.45, 7) is 2.07. The lowest BCUT2D eigenvalue weighted by Gasteiger charge is -2.48. The van der Waals surface area contributed by atoms with E-state index in [-0.39, 0.29) is 0 Å². The lowest BCUT2D eigenvalue weighted by Crippen LogP contribution is -2.43. The molecule has 2 heterocycles. The Hall–Kier alpha value is -6.82. The molecule has 0 N–H and O–H groups in total. The molecule has 0 saturated heterocycles. The van der Waals surface area contributed by atoms with Gasteiger partial charge < -0.3 is 0 Å². The largest absolute Gasteiger partial charge is 0.294 e. The maximum atomic E-state index is 14.2. The van der Waals surface area contributed by atoms with Gasteiger partial charge in [0.1, 0.15) is 5.82 Å². The van der Waals surface area contributed by atoms with Crippen LogP contribution in [0.4, 0.5) is 0 Å². The zero-order valence-corrected chi connectivity index (χ0v) is 32.4. The molecular formula is C53H34N2O2S. The van der Waals surface area contributed by atoms with Crippen LogP contribution in [0.2, 0.25) is 0 Å². The van der Waals surface area contributed by atoms with Crippen molar-refractivity contribution in [2.75, 3.05) is 0 Å². The van der Waals surface area contributed by atoms with Crippen LogP contribution in [0.5, 0.6) is 0 Å². The first-order chi connectivity index (χ1) is 28.5. The van der Waals surface area contributed by atoms with Gasteiger partial charge in [-0.2, -0.15) is 0 Å². The second-order valence-corrected chi connectivity index (χ2v) is 17.9. The molecule has 9 aromatic rings. The van der Waals surface area contributed by atoms with E-state index in [9.17, 15) is 8.42 Å². The van der Waals surface area contributed by atoms with Gasteiger partial charge in [-0.3, -0.25) is 4.57 Å². The predicted octanol–water partition coefficient (Wildman–Crippen LogP) is 11.4. The van der Waals surface area contributed by atoms with E-state index in [1.54, 1.807) is 18.2 Å². The molecule has 274 valence electrons. The molecule has 0 unspecified atom stereocenters. The Labute approximate surface area is 336 Å². The Morgan fingerprint density at radius 1 is 0.466 bits per heavy atom. The molecule has 0 bridgehead atoms. The number of sulfone groups is 1. The standard InChI is InChI=1S/C53H34N2O2S/c1-2-50-54-46-24-13-25-49-51(46)55(50)47-31-33(27-29-48(47)58(49,56)57)32-26-28-37-36-16-5-8-19-40(36)53(45(37)30-32)43-22-11-9-20-41(43)52(42-21-10-12-23-44(42)53)38-17-6-3-14-34(38)35-15-4-7-18-39(35)52/h3-31H,2H2,1H3. The highest BCUT2D eigenvalue weighted by Crippen LogP contribution is 2.67. The third kappa shape index (κ3) is 3.60. The van der Waals surface area contributed by atoms with Gasteiger partial charge in [0, 0.05) is 6.42 Å². The summed E-state index contributed by atoms with van der Waals surface area (Å²) in [6, 6.07) is 63.3. The maximum Gasteiger partial charge on any atom is 0.210 e. The minimum Gasteiger partial charge on any atom is -0.294 e. The molecule has 2 spiro atoms. The number of rotatable bonds is 2. The zero-order chi connectivity index (χ0) is 38.5. The van der Waals surface area contributed by atoms with Gasteiger partial charge in [-0.25, -0.2) is 13.4 Å². The summed E-state index contributed by atoms with van der Waals surface area (Å²) in [5, 5.41) is 0. The number of imidazole rings is 1. The Morgan fingerprint density at radius 3 is 1.48 bits per heavy atom. The first kappa shape index (κ1) is 32.3. The van der Waals surface area contributed by atoms with Crippen molar-refractivity contribution < 1.29 is 8.42 Å². The topological polar surface area (TPSA) is 52.0 Å². The van der Waals surface area contributed by atoms with Crippen LogP contribution in [0.1, 0.15) is 57.3 Å². The fourth-order valence-corrected chi connectivity index (χ4v) is 13.1. The zero-order valence-electron chi connectivity index (χ0n) is 31.6. The Bertz CT molecular complexity index is 3330. The van der Waals surface area contributed by atoms with Crippen molar-refractivity contribution in [1.82, 2.24) is 9.55 Å². The summed E-state index contributed by atoms with van der Waals surface area (Å²) in [7, 11) is -3.75. The first-order valence-corrected chi connectivity index (χ1v) is 21.5. The normalized spacial score (nSPS) is 15.9. The van der Waals surface area contributed by atoms with Gasteiger partial charge in [0.05, 0.1) is 37.3 Å². The Morgan fingerprint density at radius 2 is 0.931 bits per heavy atom. The molecule has 0 amide bonds. The molecule has 8 aromatic carbocycles. The smallest absolute Gasteiger partial charge is 0.210 e. The predicted molar refractivity (Wildman–Crippen MR) is 230 cm³/mol. The average Bonchev–Trinajstić information content (AvgIpc) is 3.90. The molecule has 4 aliphatic rings. The van der Waals surface area contributed by atoms with Gasteiger partial charge in [-0.15, -0.1) is 0 Å². The van der Waals surface area contributed by atoms with E-state index in [4.69, 9.17) is 4.98 Å². The fourth-order valence-electron chi connectivity index (χ4n) is 11.5. The summed E-state index contributed by atoms with van der Waals surface area (Å²) in [5.41, 5.74) is 18.2. The summed E-state index contributed by atoms with van der Waals surface area (Å²) < 4.78 is 30.4. The van der Waals surface area contributed by atoms with Crippen molar-refractivity contribution in [2.45, 2.75) is 34.0 Å². The van der Waals surface area contributed by atoms with E-state index in [2.05, 4.69) is 157 Å². The minimum absolute atomic E-state index is 0.312. The lowest BCUT2D eigenvalue weighted by atomic mass is 9.52. The van der Waals surface area contributed by atoms with Gasteiger partial charge in [-0.1, -0.05) is 153 Å². The summed E-state index contributed by atoms with van der Waals surface area (Å²) >= 11 is 0. The van der Waals surface area contributed by atoms with Crippen molar-refractivity contribution in [3.8, 4) is 39.1 Å². The number of para-hydroxylation sites is 1. The monoisotopic (exact) mass is 762 g/mol. The molecule has 4 nitrogen and oxygen atoms in total. The van der Waals surface area contributed by atoms with Gasteiger partial charge >= 0.3 is 0 Å². The minimum atomic E-state index is -3.75. The highest BCUT2D eigenvalue weighted by molar-refractivity contribution is 7.92. The average molecular weight is 763 g/mol. The van der Waals surface area contributed by atoms with E-state index in [1.807, 2.05) is 12.1 Å². The quantitative estimate of drug-likeness (QED) is 0.176. The number of nitrogens with zero attached hydrogens (tertiary/aromatic N) is 2. The number of aromatic nitrogens is 2. The molecule has 0 atom stereocenters. The molecular weight excluding hydrogens is 729 g/mol. The van der Waals surface area contributed by atoms with E-state index >= 15 is 0 Å². The number of fused-ring (bicyclic) bond motifs is 18. The van der Waals surface area contributed by atoms with Crippen LogP contribution in [0, 0.1) is 0 Å². The van der Waals surface area contributed by atoms with Crippen molar-refractivity contribution in [1.29, 1.82) is 0 Å². The van der Waals surface area contributed by atoms with E-state index in [1.165, 1.54) is 66.8 Å². The van der Waals surface area contributed by atoms with E-state index < -0.39 is 20.7 Å². The van der Waals surface area contributed by atoms with Gasteiger partial charge in [0.2, 0.25) is 9.84 Å². The maximum absolute atomic E-state index is 14.2. The second-order valence-electron chi connectivity index (χ2n) is 16.0. The molecule has 3 aliphatic carbocycles. The van der Waals surface area contributed by atoms with Crippen LogP contribution >= 0.6 is 0 Å². The molecule has 58 heavy (non-hydrogen) atoms. The van der Waals surface area contributed by atoms with Crippen molar-refractivity contribution in [3.63, 3.8) is 0 Å². The van der Waals surface area contributed by atoms with Crippen LogP contribution in [-0.2, 0) is 27.1 Å². The highest BCUT2D eigenvalue weighted by atomic mass is 32.2. The summed E-state index contributed by atoms with van der Waals surface area (Å²) in [4.78, 5) is 5.52. The van der Waals surface area contributed by atoms with Crippen LogP contribution in [0.15, 0.2) is 186 Å². The molecule has 1 aromatic heterocycles. The van der Waals surface area contributed by atoms with Crippen LogP contribution < -0.4 is 0 Å². The Balaban J connectivity index is 1.11. The van der Waals surface area contributed by atoms with Crippen LogP contribution in [-0.4, -0.2) is 18.0 Å². The SMILES string of the molecule is CCc1nc2cccc3c2n1-c1cc(-c2ccc4c(c2)C2(c5ccccc5-4)c4ccccc4C4(c5ccccc5-c5ccccc54)c4ccccc42)ccc1S3(=O)=O. The summed E-state index contributed by atoms with van der Waals surface area (Å²) in [6.07, 6.45) is 0.673.